The second kappa shape index (κ2) is 8.60. The maximum Gasteiger partial charge on any atom is 0.252 e. The number of aromatic nitrogens is 1. The standard InChI is InChI=1S/C22H20FN3O3/c23-17-3-1-15(2-4-17)7-8-25-22(27)16-11-19(14-24-13-16)26-18-5-6-20-21(12-18)29-10-9-28-20/h1-6,11-14,26H,7-10H2,(H,25,27). The van der Waals surface area contributed by atoms with Crippen LogP contribution in [0.3, 0.4) is 0 Å². The summed E-state index contributed by atoms with van der Waals surface area (Å²) in [7, 11) is 0. The summed E-state index contributed by atoms with van der Waals surface area (Å²) in [5.74, 6) is 0.912. The number of hydrogen-bond donors (Lipinski definition) is 2. The molecule has 0 unspecified atom stereocenters. The first-order chi connectivity index (χ1) is 14.2. The minimum atomic E-state index is -0.272. The first kappa shape index (κ1) is 18.7. The zero-order chi connectivity index (χ0) is 20.1. The molecule has 6 nitrogen and oxygen atoms in total. The van der Waals surface area contributed by atoms with Gasteiger partial charge in [-0.25, -0.2) is 4.39 Å². The number of amides is 1. The molecule has 0 radical (unpaired) electrons. The smallest absolute Gasteiger partial charge is 0.252 e. The molecule has 0 saturated carbocycles. The summed E-state index contributed by atoms with van der Waals surface area (Å²) in [4.78, 5) is 16.6. The Morgan fingerprint density at radius 2 is 1.76 bits per heavy atom. The molecule has 2 aromatic carbocycles. The molecule has 4 rings (SSSR count). The summed E-state index contributed by atoms with van der Waals surface area (Å²) in [6.07, 6.45) is 3.78. The van der Waals surface area contributed by atoms with Crippen molar-refractivity contribution < 1.29 is 18.7 Å². The van der Waals surface area contributed by atoms with E-state index >= 15 is 0 Å². The van der Waals surface area contributed by atoms with Gasteiger partial charge >= 0.3 is 0 Å². The summed E-state index contributed by atoms with van der Waals surface area (Å²) >= 11 is 0. The lowest BCUT2D eigenvalue weighted by Crippen LogP contribution is -2.25. The first-order valence-corrected chi connectivity index (χ1v) is 9.32. The van der Waals surface area contributed by atoms with Crippen molar-refractivity contribution in [2.75, 3.05) is 25.1 Å². The van der Waals surface area contributed by atoms with E-state index < -0.39 is 0 Å². The van der Waals surface area contributed by atoms with Gasteiger partial charge in [-0.1, -0.05) is 12.1 Å². The number of pyridine rings is 1. The lowest BCUT2D eigenvalue weighted by atomic mass is 10.1. The Hall–Kier alpha value is -3.61. The number of carbonyl (C=O) groups excluding carboxylic acids is 1. The summed E-state index contributed by atoms with van der Waals surface area (Å²) in [5.41, 5.74) is 2.91. The van der Waals surface area contributed by atoms with Gasteiger partial charge in [0.15, 0.2) is 11.5 Å². The molecule has 0 saturated heterocycles. The average Bonchev–Trinajstić information content (AvgIpc) is 2.75. The Morgan fingerprint density at radius 3 is 2.59 bits per heavy atom. The van der Waals surface area contributed by atoms with Crippen molar-refractivity contribution >= 4 is 17.3 Å². The van der Waals surface area contributed by atoms with Crippen molar-refractivity contribution in [2.45, 2.75) is 6.42 Å². The second-order valence-corrected chi connectivity index (χ2v) is 6.58. The maximum absolute atomic E-state index is 12.9. The minimum absolute atomic E-state index is 0.217. The van der Waals surface area contributed by atoms with E-state index in [-0.39, 0.29) is 11.7 Å². The highest BCUT2D eigenvalue weighted by molar-refractivity contribution is 5.94. The molecule has 1 aromatic heterocycles. The zero-order valence-electron chi connectivity index (χ0n) is 15.7. The molecule has 1 aliphatic heterocycles. The Labute approximate surface area is 167 Å². The van der Waals surface area contributed by atoms with Crippen LogP contribution >= 0.6 is 0 Å². The Kier molecular flexibility index (Phi) is 5.56. The monoisotopic (exact) mass is 393 g/mol. The van der Waals surface area contributed by atoms with E-state index in [2.05, 4.69) is 15.6 Å². The van der Waals surface area contributed by atoms with Gasteiger partial charge in [-0.05, 0) is 42.3 Å². The van der Waals surface area contributed by atoms with Crippen LogP contribution in [-0.4, -0.2) is 30.6 Å². The molecule has 29 heavy (non-hydrogen) atoms. The first-order valence-electron chi connectivity index (χ1n) is 9.32. The molecule has 0 fully saturated rings. The quantitative estimate of drug-likeness (QED) is 0.668. The van der Waals surface area contributed by atoms with Crippen LogP contribution in [0.5, 0.6) is 11.5 Å². The number of nitrogens with zero attached hydrogens (tertiary/aromatic N) is 1. The molecule has 2 heterocycles. The lowest BCUT2D eigenvalue weighted by Gasteiger charge is -2.19. The predicted molar refractivity (Wildman–Crippen MR) is 107 cm³/mol. The van der Waals surface area contributed by atoms with Crippen LogP contribution in [0.4, 0.5) is 15.8 Å². The zero-order valence-corrected chi connectivity index (χ0v) is 15.7. The average molecular weight is 393 g/mol. The van der Waals surface area contributed by atoms with Gasteiger partial charge in [0.1, 0.15) is 19.0 Å². The minimum Gasteiger partial charge on any atom is -0.486 e. The number of carbonyl (C=O) groups is 1. The van der Waals surface area contributed by atoms with Gasteiger partial charge in [0.2, 0.25) is 0 Å². The van der Waals surface area contributed by atoms with Crippen molar-refractivity contribution in [3.05, 3.63) is 77.9 Å². The molecule has 0 aliphatic carbocycles. The topological polar surface area (TPSA) is 72.5 Å². The number of ether oxygens (including phenoxy) is 2. The highest BCUT2D eigenvalue weighted by Gasteiger charge is 2.12. The van der Waals surface area contributed by atoms with Gasteiger partial charge in [0.25, 0.3) is 5.91 Å². The molecular weight excluding hydrogens is 373 g/mol. The SMILES string of the molecule is O=C(NCCc1ccc(F)cc1)c1cncc(Nc2ccc3c(c2)OCCO3)c1. The number of anilines is 2. The number of halogens is 1. The third-order valence-electron chi connectivity index (χ3n) is 4.44. The summed E-state index contributed by atoms with van der Waals surface area (Å²) in [5, 5.41) is 6.08. The van der Waals surface area contributed by atoms with Crippen LogP contribution in [0.1, 0.15) is 15.9 Å². The Balaban J connectivity index is 1.36. The van der Waals surface area contributed by atoms with Gasteiger partial charge < -0.3 is 20.1 Å². The fourth-order valence-electron chi connectivity index (χ4n) is 2.99. The van der Waals surface area contributed by atoms with Crippen LogP contribution in [-0.2, 0) is 6.42 Å². The van der Waals surface area contributed by atoms with E-state index in [4.69, 9.17) is 9.47 Å². The molecule has 0 bridgehead atoms. The third-order valence-corrected chi connectivity index (χ3v) is 4.44. The number of fused-ring (bicyclic) bond motifs is 1. The molecule has 1 amide bonds. The molecule has 0 atom stereocenters. The van der Waals surface area contributed by atoms with E-state index in [0.29, 0.717) is 48.9 Å². The molecular formula is C22H20FN3O3. The van der Waals surface area contributed by atoms with Crippen LogP contribution < -0.4 is 20.1 Å². The molecule has 0 spiro atoms. The van der Waals surface area contributed by atoms with Gasteiger partial charge in [0.05, 0.1) is 17.4 Å². The van der Waals surface area contributed by atoms with Gasteiger partial charge in [-0.3, -0.25) is 9.78 Å². The second-order valence-electron chi connectivity index (χ2n) is 6.58. The van der Waals surface area contributed by atoms with Crippen molar-refractivity contribution in [3.63, 3.8) is 0 Å². The van der Waals surface area contributed by atoms with Gasteiger partial charge in [-0.2, -0.15) is 0 Å². The van der Waals surface area contributed by atoms with Crippen molar-refractivity contribution in [1.29, 1.82) is 0 Å². The lowest BCUT2D eigenvalue weighted by molar-refractivity contribution is 0.0954. The van der Waals surface area contributed by atoms with Crippen molar-refractivity contribution in [3.8, 4) is 11.5 Å². The third kappa shape index (κ3) is 4.82. The van der Waals surface area contributed by atoms with Crippen LogP contribution in [0, 0.1) is 5.82 Å². The molecule has 1 aliphatic rings. The molecule has 7 heteroatoms. The van der Waals surface area contributed by atoms with E-state index in [1.165, 1.54) is 18.3 Å². The Morgan fingerprint density at radius 1 is 0.966 bits per heavy atom. The fraction of sp³-hybridized carbons (Fsp3) is 0.182. The number of benzene rings is 2. The Bertz CT molecular complexity index is 1010. The number of hydrogen-bond acceptors (Lipinski definition) is 5. The fourth-order valence-corrected chi connectivity index (χ4v) is 2.99. The molecule has 3 aromatic rings. The number of rotatable bonds is 6. The van der Waals surface area contributed by atoms with Crippen molar-refractivity contribution in [2.24, 2.45) is 0 Å². The summed E-state index contributed by atoms with van der Waals surface area (Å²) in [6, 6.07) is 13.5. The van der Waals surface area contributed by atoms with Crippen molar-refractivity contribution in [1.82, 2.24) is 10.3 Å². The highest BCUT2D eigenvalue weighted by atomic mass is 19.1. The van der Waals surface area contributed by atoms with E-state index in [9.17, 15) is 9.18 Å². The van der Waals surface area contributed by atoms with Gasteiger partial charge in [0, 0.05) is 24.5 Å². The van der Waals surface area contributed by atoms with Crippen LogP contribution in [0.2, 0.25) is 0 Å². The van der Waals surface area contributed by atoms with E-state index in [1.54, 1.807) is 24.4 Å². The van der Waals surface area contributed by atoms with Crippen LogP contribution in [0.25, 0.3) is 0 Å². The van der Waals surface area contributed by atoms with Gasteiger partial charge in [-0.15, -0.1) is 0 Å². The molecule has 148 valence electrons. The highest BCUT2D eigenvalue weighted by Crippen LogP contribution is 2.33. The normalized spacial score (nSPS) is 12.3. The van der Waals surface area contributed by atoms with E-state index in [1.807, 2.05) is 18.2 Å². The van der Waals surface area contributed by atoms with Crippen LogP contribution in [0.15, 0.2) is 60.9 Å². The maximum atomic E-state index is 12.9. The molecule has 2 N–H and O–H groups in total. The summed E-state index contributed by atoms with van der Waals surface area (Å²) in [6.45, 7) is 1.51. The largest absolute Gasteiger partial charge is 0.486 e. The predicted octanol–water partition coefficient (Wildman–Crippen LogP) is 3.71. The number of nitrogens with one attached hydrogen (secondary N) is 2. The van der Waals surface area contributed by atoms with E-state index in [0.717, 1.165) is 11.3 Å². The summed E-state index contributed by atoms with van der Waals surface area (Å²) < 4.78 is 24.0.